The summed E-state index contributed by atoms with van der Waals surface area (Å²) in [6, 6.07) is 6.24. The highest BCUT2D eigenvalue weighted by molar-refractivity contribution is 5.88. The van der Waals surface area contributed by atoms with Gasteiger partial charge >= 0.3 is 0 Å². The van der Waals surface area contributed by atoms with Crippen LogP contribution in [0.3, 0.4) is 0 Å². The maximum Gasteiger partial charge on any atom is 0.248 e. The topological polar surface area (TPSA) is 77.6 Å². The molecule has 23 heavy (non-hydrogen) atoms. The predicted octanol–water partition coefficient (Wildman–Crippen LogP) is 1.61. The fourth-order valence-electron chi connectivity index (χ4n) is 2.12. The second kappa shape index (κ2) is 6.39. The Kier molecular flexibility index (Phi) is 4.13. The highest BCUT2D eigenvalue weighted by Gasteiger charge is 2.08. The molecule has 3 aromatic rings. The van der Waals surface area contributed by atoms with Crippen molar-refractivity contribution in [1.82, 2.24) is 24.5 Å². The van der Waals surface area contributed by atoms with Gasteiger partial charge in [-0.15, -0.1) is 5.10 Å². The fourth-order valence-corrected chi connectivity index (χ4v) is 2.12. The van der Waals surface area contributed by atoms with Crippen molar-refractivity contribution in [3.63, 3.8) is 0 Å². The van der Waals surface area contributed by atoms with Crippen molar-refractivity contribution >= 4 is 11.9 Å². The minimum atomic E-state index is -0.300. The first-order valence-corrected chi connectivity index (χ1v) is 7.01. The molecule has 0 atom stereocenters. The Morgan fingerprint density at radius 3 is 2.96 bits per heavy atom. The van der Waals surface area contributed by atoms with Crippen LogP contribution in [-0.4, -0.2) is 30.5 Å². The zero-order valence-corrected chi connectivity index (χ0v) is 12.5. The van der Waals surface area contributed by atoms with Gasteiger partial charge in [-0.05, 0) is 30.2 Å². The van der Waals surface area contributed by atoms with E-state index in [1.807, 2.05) is 6.92 Å². The third-order valence-electron chi connectivity index (χ3n) is 3.09. The smallest absolute Gasteiger partial charge is 0.248 e. The van der Waals surface area contributed by atoms with E-state index < -0.39 is 0 Å². The van der Waals surface area contributed by atoms with Crippen molar-refractivity contribution in [3.8, 4) is 0 Å². The quantitative estimate of drug-likeness (QED) is 0.776. The van der Waals surface area contributed by atoms with Gasteiger partial charge in [-0.2, -0.15) is 5.10 Å². The van der Waals surface area contributed by atoms with Gasteiger partial charge in [0.1, 0.15) is 18.7 Å². The van der Waals surface area contributed by atoms with Crippen molar-refractivity contribution in [2.45, 2.75) is 20.0 Å². The lowest BCUT2D eigenvalue weighted by atomic mass is 10.2. The molecular formula is C15H15FN6O. The Labute approximate surface area is 131 Å². The molecule has 1 amide bonds. The molecule has 1 aromatic carbocycles. The highest BCUT2D eigenvalue weighted by atomic mass is 19.1. The monoisotopic (exact) mass is 314 g/mol. The summed E-state index contributed by atoms with van der Waals surface area (Å²) in [6.07, 6.45) is 4.94. The first kappa shape index (κ1) is 14.9. The predicted molar refractivity (Wildman–Crippen MR) is 81.1 cm³/mol. The van der Waals surface area contributed by atoms with E-state index in [4.69, 9.17) is 0 Å². The summed E-state index contributed by atoms with van der Waals surface area (Å²) >= 11 is 0. The lowest BCUT2D eigenvalue weighted by Crippen LogP contribution is -2.20. The third-order valence-corrected chi connectivity index (χ3v) is 3.09. The molecule has 0 spiro atoms. The molecule has 118 valence electrons. The van der Waals surface area contributed by atoms with Crippen LogP contribution in [0.25, 0.3) is 0 Å². The molecule has 0 radical (unpaired) electrons. The van der Waals surface area contributed by atoms with Gasteiger partial charge in [0.2, 0.25) is 11.9 Å². The Hall–Kier alpha value is -3.03. The standard InChI is InChI=1S/C15H15FN6O/c1-11-6-18-21(7-11)9-14(23)19-15-17-10-22(20-15)8-12-3-2-4-13(16)5-12/h2-7,10H,8-9H2,1H3,(H,19,20,23). The zero-order valence-electron chi connectivity index (χ0n) is 12.5. The van der Waals surface area contributed by atoms with E-state index >= 15 is 0 Å². The summed E-state index contributed by atoms with van der Waals surface area (Å²) in [5, 5.41) is 10.8. The van der Waals surface area contributed by atoms with Gasteiger partial charge < -0.3 is 0 Å². The molecule has 3 rings (SSSR count). The molecule has 0 aliphatic rings. The number of nitrogens with zero attached hydrogens (tertiary/aromatic N) is 5. The molecule has 1 N–H and O–H groups in total. The average Bonchev–Trinajstić information content (AvgIpc) is 3.08. The van der Waals surface area contributed by atoms with Crippen LogP contribution in [0.2, 0.25) is 0 Å². The first-order valence-electron chi connectivity index (χ1n) is 7.01. The summed E-state index contributed by atoms with van der Waals surface area (Å²) in [5.41, 5.74) is 1.75. The number of hydrogen-bond donors (Lipinski definition) is 1. The molecule has 2 heterocycles. The van der Waals surface area contributed by atoms with E-state index in [-0.39, 0.29) is 24.2 Å². The Bertz CT molecular complexity index is 825. The van der Waals surface area contributed by atoms with Gasteiger partial charge in [0.15, 0.2) is 0 Å². The SMILES string of the molecule is Cc1cnn(CC(=O)Nc2ncn(Cc3cccc(F)c3)n2)c1. The van der Waals surface area contributed by atoms with Crippen molar-refractivity contribution < 1.29 is 9.18 Å². The van der Waals surface area contributed by atoms with Gasteiger partial charge in [-0.25, -0.2) is 14.1 Å². The van der Waals surface area contributed by atoms with Crippen LogP contribution in [0.1, 0.15) is 11.1 Å². The van der Waals surface area contributed by atoms with Crippen LogP contribution in [0.4, 0.5) is 10.3 Å². The number of rotatable bonds is 5. The number of hydrogen-bond acceptors (Lipinski definition) is 4. The maximum absolute atomic E-state index is 13.1. The van der Waals surface area contributed by atoms with Crippen LogP contribution in [0, 0.1) is 12.7 Å². The van der Waals surface area contributed by atoms with Crippen LogP contribution in [-0.2, 0) is 17.9 Å². The minimum Gasteiger partial charge on any atom is -0.292 e. The van der Waals surface area contributed by atoms with Gasteiger partial charge in [-0.1, -0.05) is 12.1 Å². The van der Waals surface area contributed by atoms with Gasteiger partial charge in [0, 0.05) is 6.20 Å². The number of halogens is 1. The lowest BCUT2D eigenvalue weighted by molar-refractivity contribution is -0.116. The van der Waals surface area contributed by atoms with Gasteiger partial charge in [0.05, 0.1) is 12.7 Å². The fraction of sp³-hybridized carbons (Fsp3) is 0.200. The van der Waals surface area contributed by atoms with E-state index in [9.17, 15) is 9.18 Å². The normalized spacial score (nSPS) is 10.7. The molecule has 0 aliphatic heterocycles. The highest BCUT2D eigenvalue weighted by Crippen LogP contribution is 2.06. The molecule has 0 unspecified atom stereocenters. The molecular weight excluding hydrogens is 299 g/mol. The molecule has 0 saturated carbocycles. The van der Waals surface area contributed by atoms with Crippen LogP contribution in [0.5, 0.6) is 0 Å². The number of benzene rings is 1. The van der Waals surface area contributed by atoms with Crippen molar-refractivity contribution in [3.05, 3.63) is 59.9 Å². The van der Waals surface area contributed by atoms with Crippen LogP contribution < -0.4 is 5.32 Å². The lowest BCUT2D eigenvalue weighted by Gasteiger charge is -2.02. The van der Waals surface area contributed by atoms with Gasteiger partial charge in [0.25, 0.3) is 0 Å². The Balaban J connectivity index is 1.59. The summed E-state index contributed by atoms with van der Waals surface area (Å²) in [7, 11) is 0. The van der Waals surface area contributed by atoms with Crippen molar-refractivity contribution in [2.75, 3.05) is 5.32 Å². The number of anilines is 1. The molecule has 0 saturated heterocycles. The minimum absolute atomic E-state index is 0.0896. The van der Waals surface area contributed by atoms with E-state index in [0.29, 0.717) is 6.54 Å². The molecule has 0 bridgehead atoms. The van der Waals surface area contributed by atoms with Gasteiger partial charge in [-0.3, -0.25) is 14.8 Å². The molecule has 0 aliphatic carbocycles. The number of aromatic nitrogens is 5. The number of carbonyl (C=O) groups excluding carboxylic acids is 1. The maximum atomic E-state index is 13.1. The molecule has 8 heteroatoms. The zero-order chi connectivity index (χ0) is 16.2. The van der Waals surface area contributed by atoms with E-state index in [1.165, 1.54) is 27.8 Å². The summed E-state index contributed by atoms with van der Waals surface area (Å²) in [5.74, 6) is -0.363. The van der Waals surface area contributed by atoms with Crippen LogP contribution in [0.15, 0.2) is 43.0 Å². The summed E-state index contributed by atoms with van der Waals surface area (Å²) < 4.78 is 16.2. The van der Waals surface area contributed by atoms with E-state index in [0.717, 1.165) is 11.1 Å². The molecule has 2 aromatic heterocycles. The molecule has 0 fully saturated rings. The number of carbonyl (C=O) groups is 1. The number of aryl methyl sites for hydroxylation is 1. The largest absolute Gasteiger partial charge is 0.292 e. The van der Waals surface area contributed by atoms with Crippen molar-refractivity contribution in [1.29, 1.82) is 0 Å². The second-order valence-corrected chi connectivity index (χ2v) is 5.16. The van der Waals surface area contributed by atoms with E-state index in [1.54, 1.807) is 24.5 Å². The Morgan fingerprint density at radius 1 is 1.35 bits per heavy atom. The molecule has 7 nitrogen and oxygen atoms in total. The van der Waals surface area contributed by atoms with Crippen molar-refractivity contribution in [2.24, 2.45) is 0 Å². The Morgan fingerprint density at radius 2 is 2.22 bits per heavy atom. The average molecular weight is 314 g/mol. The summed E-state index contributed by atoms with van der Waals surface area (Å²) in [6.45, 7) is 2.36. The third kappa shape index (κ3) is 4.00. The second-order valence-electron chi connectivity index (χ2n) is 5.16. The summed E-state index contributed by atoms with van der Waals surface area (Å²) in [4.78, 5) is 15.9. The first-order chi connectivity index (χ1) is 11.1. The number of amides is 1. The van der Waals surface area contributed by atoms with E-state index in [2.05, 4.69) is 20.5 Å². The number of nitrogens with one attached hydrogen (secondary N) is 1. The van der Waals surface area contributed by atoms with Crippen LogP contribution >= 0.6 is 0 Å².